The number of ether oxygens (including phenoxy) is 1. The van der Waals surface area contributed by atoms with E-state index >= 15 is 0 Å². The summed E-state index contributed by atoms with van der Waals surface area (Å²) in [6.45, 7) is 6.98. The minimum Gasteiger partial charge on any atom is -0.444 e. The average molecular weight is 278 g/mol. The van der Waals surface area contributed by atoms with E-state index in [-0.39, 0.29) is 12.1 Å². The van der Waals surface area contributed by atoms with Gasteiger partial charge in [0.2, 0.25) is 5.95 Å². The fourth-order valence-corrected chi connectivity index (χ4v) is 2.19. The van der Waals surface area contributed by atoms with Gasteiger partial charge in [-0.05, 0) is 33.3 Å². The van der Waals surface area contributed by atoms with Gasteiger partial charge in [0.1, 0.15) is 5.60 Å². The Labute approximate surface area is 119 Å². The van der Waals surface area contributed by atoms with Crippen LogP contribution in [0.5, 0.6) is 0 Å². The quantitative estimate of drug-likeness (QED) is 0.827. The van der Waals surface area contributed by atoms with Gasteiger partial charge in [0.25, 0.3) is 0 Å². The number of likely N-dealkylation sites (N-methyl/N-ethyl adjacent to an activating group) is 1. The number of anilines is 1. The second-order valence-electron chi connectivity index (χ2n) is 6.03. The number of rotatable bonds is 2. The number of aromatic nitrogens is 2. The topological polar surface area (TPSA) is 58.6 Å². The molecule has 0 N–H and O–H groups in total. The van der Waals surface area contributed by atoms with E-state index in [9.17, 15) is 4.79 Å². The van der Waals surface area contributed by atoms with Crippen LogP contribution < -0.4 is 4.90 Å². The number of nitrogens with zero attached hydrogens (tertiary/aromatic N) is 4. The predicted octanol–water partition coefficient (Wildman–Crippen LogP) is 1.92. The molecule has 0 radical (unpaired) electrons. The van der Waals surface area contributed by atoms with Gasteiger partial charge in [-0.2, -0.15) is 0 Å². The largest absolute Gasteiger partial charge is 0.444 e. The van der Waals surface area contributed by atoms with Crippen LogP contribution in [0.4, 0.5) is 10.7 Å². The van der Waals surface area contributed by atoms with Gasteiger partial charge in [0.15, 0.2) is 0 Å². The van der Waals surface area contributed by atoms with Gasteiger partial charge < -0.3 is 14.5 Å². The highest BCUT2D eigenvalue weighted by Gasteiger charge is 2.32. The third-order valence-corrected chi connectivity index (χ3v) is 3.23. The molecule has 2 rings (SSSR count). The van der Waals surface area contributed by atoms with Crippen LogP contribution >= 0.6 is 0 Å². The maximum atomic E-state index is 12.0. The Balaban J connectivity index is 1.94. The van der Waals surface area contributed by atoms with Crippen LogP contribution in [0, 0.1) is 0 Å². The van der Waals surface area contributed by atoms with Crippen molar-refractivity contribution in [3.05, 3.63) is 18.5 Å². The highest BCUT2D eigenvalue weighted by Crippen LogP contribution is 2.20. The van der Waals surface area contributed by atoms with Gasteiger partial charge in [-0.3, -0.25) is 0 Å². The molecule has 1 aliphatic heterocycles. The molecule has 0 aromatic carbocycles. The molecule has 6 nitrogen and oxygen atoms in total. The molecule has 1 aromatic heterocycles. The van der Waals surface area contributed by atoms with Gasteiger partial charge in [-0.15, -0.1) is 0 Å². The maximum absolute atomic E-state index is 12.0. The van der Waals surface area contributed by atoms with Crippen molar-refractivity contribution in [3.63, 3.8) is 0 Å². The standard InChI is InChI=1S/C14H22N4O2/c1-14(2,3)20-13(19)18-9-6-11(10-18)17(4)12-15-7-5-8-16-12/h5,7-8,11H,6,9-10H2,1-4H3. The summed E-state index contributed by atoms with van der Waals surface area (Å²) in [7, 11) is 1.96. The fourth-order valence-electron chi connectivity index (χ4n) is 2.19. The Kier molecular flexibility index (Phi) is 4.11. The molecule has 1 aromatic rings. The van der Waals surface area contributed by atoms with E-state index in [1.807, 2.05) is 32.7 Å². The summed E-state index contributed by atoms with van der Waals surface area (Å²) in [4.78, 5) is 24.2. The third-order valence-electron chi connectivity index (χ3n) is 3.23. The molecule has 1 saturated heterocycles. The number of hydrogen-bond donors (Lipinski definition) is 0. The molecule has 0 bridgehead atoms. The van der Waals surface area contributed by atoms with E-state index in [2.05, 4.69) is 9.97 Å². The summed E-state index contributed by atoms with van der Waals surface area (Å²) in [5.41, 5.74) is -0.455. The highest BCUT2D eigenvalue weighted by atomic mass is 16.6. The van der Waals surface area contributed by atoms with Crippen molar-refractivity contribution in [1.29, 1.82) is 0 Å². The zero-order chi connectivity index (χ0) is 14.8. The van der Waals surface area contributed by atoms with Crippen molar-refractivity contribution < 1.29 is 9.53 Å². The Morgan fingerprint density at radius 1 is 1.40 bits per heavy atom. The smallest absolute Gasteiger partial charge is 0.410 e. The van der Waals surface area contributed by atoms with E-state index in [0.29, 0.717) is 19.0 Å². The van der Waals surface area contributed by atoms with E-state index in [0.717, 1.165) is 6.42 Å². The van der Waals surface area contributed by atoms with Gasteiger partial charge in [-0.1, -0.05) is 0 Å². The van der Waals surface area contributed by atoms with Crippen molar-refractivity contribution in [2.24, 2.45) is 0 Å². The highest BCUT2D eigenvalue weighted by molar-refractivity contribution is 5.68. The molecule has 0 aliphatic carbocycles. The van der Waals surface area contributed by atoms with Crippen LogP contribution in [0.2, 0.25) is 0 Å². The van der Waals surface area contributed by atoms with Crippen molar-refractivity contribution in [3.8, 4) is 0 Å². The fraction of sp³-hybridized carbons (Fsp3) is 0.643. The zero-order valence-electron chi connectivity index (χ0n) is 12.5. The summed E-state index contributed by atoms with van der Waals surface area (Å²) < 4.78 is 5.39. The number of hydrogen-bond acceptors (Lipinski definition) is 5. The average Bonchev–Trinajstić information content (AvgIpc) is 2.86. The number of carbonyl (C=O) groups is 1. The summed E-state index contributed by atoms with van der Waals surface area (Å²) in [6, 6.07) is 2.02. The molecule has 110 valence electrons. The van der Waals surface area contributed by atoms with Crippen molar-refractivity contribution in [1.82, 2.24) is 14.9 Å². The lowest BCUT2D eigenvalue weighted by Gasteiger charge is -2.26. The lowest BCUT2D eigenvalue weighted by molar-refractivity contribution is 0.0292. The van der Waals surface area contributed by atoms with Crippen molar-refractivity contribution >= 4 is 12.0 Å². The van der Waals surface area contributed by atoms with Gasteiger partial charge in [0, 0.05) is 32.5 Å². The molecule has 1 aliphatic rings. The summed E-state index contributed by atoms with van der Waals surface area (Å²) in [6.07, 6.45) is 4.09. The molecule has 20 heavy (non-hydrogen) atoms. The molecule has 6 heteroatoms. The lowest BCUT2D eigenvalue weighted by atomic mass is 10.2. The Morgan fingerprint density at radius 2 is 2.05 bits per heavy atom. The number of carbonyl (C=O) groups excluding carboxylic acids is 1. The molecule has 1 unspecified atom stereocenters. The predicted molar refractivity (Wildman–Crippen MR) is 76.6 cm³/mol. The normalized spacial score (nSPS) is 19.0. The maximum Gasteiger partial charge on any atom is 0.410 e. The molecular weight excluding hydrogens is 256 g/mol. The van der Waals surface area contributed by atoms with Gasteiger partial charge in [-0.25, -0.2) is 14.8 Å². The Hall–Kier alpha value is -1.85. The zero-order valence-corrected chi connectivity index (χ0v) is 12.5. The first kappa shape index (κ1) is 14.6. The molecule has 1 fully saturated rings. The first-order valence-electron chi connectivity index (χ1n) is 6.84. The van der Waals surface area contributed by atoms with Crippen molar-refractivity contribution in [2.45, 2.75) is 38.8 Å². The molecule has 0 spiro atoms. The summed E-state index contributed by atoms with van der Waals surface area (Å²) in [5.74, 6) is 0.684. The van der Waals surface area contributed by atoms with Crippen LogP contribution in [0.25, 0.3) is 0 Å². The molecule has 2 heterocycles. The first-order chi connectivity index (χ1) is 9.37. The van der Waals surface area contributed by atoms with Gasteiger partial charge >= 0.3 is 6.09 Å². The van der Waals surface area contributed by atoms with Crippen LogP contribution in [-0.2, 0) is 4.74 Å². The third kappa shape index (κ3) is 3.59. The molecule has 1 atom stereocenters. The molecular formula is C14H22N4O2. The van der Waals surface area contributed by atoms with E-state index in [4.69, 9.17) is 4.74 Å². The van der Waals surface area contributed by atoms with Crippen LogP contribution in [-0.4, -0.2) is 52.7 Å². The minimum atomic E-state index is -0.455. The Morgan fingerprint density at radius 3 is 2.65 bits per heavy atom. The van der Waals surface area contributed by atoms with E-state index in [1.165, 1.54) is 0 Å². The SMILES string of the molecule is CN(c1ncccn1)C1CCN(C(=O)OC(C)(C)C)C1. The number of amides is 1. The molecule has 1 amide bonds. The second-order valence-corrected chi connectivity index (χ2v) is 6.03. The van der Waals surface area contributed by atoms with Crippen LogP contribution in [0.1, 0.15) is 27.2 Å². The second kappa shape index (κ2) is 5.64. The van der Waals surface area contributed by atoms with E-state index in [1.54, 1.807) is 23.4 Å². The van der Waals surface area contributed by atoms with Crippen molar-refractivity contribution in [2.75, 3.05) is 25.0 Å². The monoisotopic (exact) mass is 278 g/mol. The number of likely N-dealkylation sites (tertiary alicyclic amines) is 1. The molecule has 0 saturated carbocycles. The van der Waals surface area contributed by atoms with Crippen LogP contribution in [0.3, 0.4) is 0 Å². The minimum absolute atomic E-state index is 0.227. The van der Waals surface area contributed by atoms with E-state index < -0.39 is 5.60 Å². The lowest BCUT2D eigenvalue weighted by Crippen LogP contribution is -2.39. The summed E-state index contributed by atoms with van der Waals surface area (Å²) >= 11 is 0. The Bertz CT molecular complexity index is 458. The van der Waals surface area contributed by atoms with Gasteiger partial charge in [0.05, 0.1) is 6.04 Å². The summed E-state index contributed by atoms with van der Waals surface area (Å²) in [5, 5.41) is 0. The first-order valence-corrected chi connectivity index (χ1v) is 6.84. The van der Waals surface area contributed by atoms with Crippen LogP contribution in [0.15, 0.2) is 18.5 Å².